The Balaban J connectivity index is 1.59. The van der Waals surface area contributed by atoms with Crippen LogP contribution < -0.4 is 0 Å². The lowest BCUT2D eigenvalue weighted by Gasteiger charge is -2.23. The van der Waals surface area contributed by atoms with Gasteiger partial charge in [0.05, 0.1) is 18.8 Å². The van der Waals surface area contributed by atoms with E-state index in [1.54, 1.807) is 4.80 Å². The normalized spacial score (nSPS) is 15.0. The van der Waals surface area contributed by atoms with Crippen molar-refractivity contribution >= 4 is 0 Å². The molecular formula is C18H15F3N4O. The van der Waals surface area contributed by atoms with Crippen LogP contribution in [0.4, 0.5) is 13.2 Å². The van der Waals surface area contributed by atoms with Gasteiger partial charge in [0, 0.05) is 5.56 Å². The van der Waals surface area contributed by atoms with Crippen molar-refractivity contribution in [1.82, 2.24) is 20.2 Å². The van der Waals surface area contributed by atoms with E-state index in [0.29, 0.717) is 25.5 Å². The third-order valence-corrected chi connectivity index (χ3v) is 4.31. The fourth-order valence-corrected chi connectivity index (χ4v) is 2.77. The van der Waals surface area contributed by atoms with Gasteiger partial charge in [0.1, 0.15) is 6.04 Å². The first-order valence-corrected chi connectivity index (χ1v) is 8.12. The minimum Gasteiger partial charge on any atom is -0.377 e. The van der Waals surface area contributed by atoms with Crippen molar-refractivity contribution in [3.63, 3.8) is 0 Å². The number of halogens is 3. The summed E-state index contributed by atoms with van der Waals surface area (Å²) in [5.74, 6) is 0.499. The Kier molecular flexibility index (Phi) is 4.20. The Morgan fingerprint density at radius 2 is 1.77 bits per heavy atom. The second-order valence-electron chi connectivity index (χ2n) is 6.15. The first-order valence-electron chi connectivity index (χ1n) is 8.12. The quantitative estimate of drug-likeness (QED) is 0.714. The van der Waals surface area contributed by atoms with Crippen LogP contribution in [-0.4, -0.2) is 33.4 Å². The van der Waals surface area contributed by atoms with Gasteiger partial charge in [-0.15, -0.1) is 10.2 Å². The van der Waals surface area contributed by atoms with Crippen LogP contribution in [0, 0.1) is 0 Å². The number of hydrogen-bond acceptors (Lipinski definition) is 4. The molecule has 2 aromatic carbocycles. The van der Waals surface area contributed by atoms with Crippen molar-refractivity contribution in [2.75, 3.05) is 13.2 Å². The van der Waals surface area contributed by atoms with E-state index in [1.807, 2.05) is 24.3 Å². The van der Waals surface area contributed by atoms with Crippen LogP contribution in [0.1, 0.15) is 22.7 Å². The lowest BCUT2D eigenvalue weighted by atomic mass is 9.98. The molecule has 1 aromatic heterocycles. The highest BCUT2D eigenvalue weighted by atomic mass is 19.4. The number of ether oxygens (including phenoxy) is 1. The lowest BCUT2D eigenvalue weighted by molar-refractivity contribution is -0.137. The number of rotatable bonds is 4. The van der Waals surface area contributed by atoms with Crippen molar-refractivity contribution in [3.8, 4) is 11.4 Å². The van der Waals surface area contributed by atoms with Gasteiger partial charge < -0.3 is 4.74 Å². The van der Waals surface area contributed by atoms with Crippen LogP contribution in [-0.2, 0) is 17.3 Å². The van der Waals surface area contributed by atoms with Gasteiger partial charge in [-0.25, -0.2) is 0 Å². The predicted octanol–water partition coefficient (Wildman–Crippen LogP) is 3.52. The molecule has 0 bridgehead atoms. The maximum absolute atomic E-state index is 12.7. The molecule has 5 nitrogen and oxygen atoms in total. The topological polar surface area (TPSA) is 52.8 Å². The van der Waals surface area contributed by atoms with Crippen molar-refractivity contribution in [3.05, 3.63) is 65.2 Å². The summed E-state index contributed by atoms with van der Waals surface area (Å²) in [5.41, 5.74) is 1.88. The monoisotopic (exact) mass is 360 g/mol. The molecule has 1 aliphatic rings. The molecule has 1 aliphatic heterocycles. The Labute approximate surface area is 147 Å². The first-order chi connectivity index (χ1) is 12.5. The van der Waals surface area contributed by atoms with E-state index < -0.39 is 11.7 Å². The molecule has 0 radical (unpaired) electrons. The lowest BCUT2D eigenvalue weighted by Crippen LogP contribution is -2.32. The summed E-state index contributed by atoms with van der Waals surface area (Å²) in [7, 11) is 0. The van der Waals surface area contributed by atoms with Crippen LogP contribution >= 0.6 is 0 Å². The number of nitrogens with zero attached hydrogens (tertiary/aromatic N) is 4. The number of alkyl halides is 3. The van der Waals surface area contributed by atoms with E-state index in [2.05, 4.69) is 15.4 Å². The molecule has 1 fully saturated rings. The van der Waals surface area contributed by atoms with E-state index in [9.17, 15) is 13.2 Å². The molecule has 2 heterocycles. The third-order valence-electron chi connectivity index (χ3n) is 4.31. The van der Waals surface area contributed by atoms with Crippen molar-refractivity contribution in [1.29, 1.82) is 0 Å². The van der Waals surface area contributed by atoms with Gasteiger partial charge in [-0.05, 0) is 34.9 Å². The van der Waals surface area contributed by atoms with Crippen LogP contribution in [0.2, 0.25) is 0 Å². The SMILES string of the molecule is FC(F)(F)c1ccc(Cc2ccccc2-c2nnn(C3COC3)n2)cc1. The Morgan fingerprint density at radius 1 is 1.04 bits per heavy atom. The summed E-state index contributed by atoms with van der Waals surface area (Å²) in [6, 6.07) is 12.9. The van der Waals surface area contributed by atoms with E-state index >= 15 is 0 Å². The maximum atomic E-state index is 12.7. The molecule has 0 N–H and O–H groups in total. The summed E-state index contributed by atoms with van der Waals surface area (Å²) in [5, 5.41) is 12.6. The molecule has 0 unspecified atom stereocenters. The number of hydrogen-bond donors (Lipinski definition) is 0. The predicted molar refractivity (Wildman–Crippen MR) is 87.4 cm³/mol. The zero-order valence-electron chi connectivity index (χ0n) is 13.6. The second kappa shape index (κ2) is 6.53. The molecule has 3 aromatic rings. The standard InChI is InChI=1S/C18H15F3N4O/c19-18(20,21)14-7-5-12(6-8-14)9-13-3-1-2-4-16(13)17-22-24-25(23-17)15-10-26-11-15/h1-8,15H,9-11H2. The first kappa shape index (κ1) is 16.7. The molecule has 0 atom stereocenters. The average Bonchev–Trinajstić information content (AvgIpc) is 3.02. The Morgan fingerprint density at radius 3 is 2.42 bits per heavy atom. The highest BCUT2D eigenvalue weighted by molar-refractivity contribution is 5.60. The number of aromatic nitrogens is 4. The summed E-state index contributed by atoms with van der Waals surface area (Å²) in [6.45, 7) is 1.14. The van der Waals surface area contributed by atoms with Crippen LogP contribution in [0.5, 0.6) is 0 Å². The van der Waals surface area contributed by atoms with Crippen molar-refractivity contribution in [2.24, 2.45) is 0 Å². The molecule has 0 amide bonds. The van der Waals surface area contributed by atoms with E-state index in [4.69, 9.17) is 4.74 Å². The minimum absolute atomic E-state index is 0.110. The van der Waals surface area contributed by atoms with Gasteiger partial charge in [0.2, 0.25) is 5.82 Å². The summed E-state index contributed by atoms with van der Waals surface area (Å²) in [6.07, 6.45) is -3.85. The minimum atomic E-state index is -4.33. The molecular weight excluding hydrogens is 345 g/mol. The van der Waals surface area contributed by atoms with Gasteiger partial charge in [-0.1, -0.05) is 36.4 Å². The van der Waals surface area contributed by atoms with Gasteiger partial charge in [0.15, 0.2) is 0 Å². The number of benzene rings is 2. The van der Waals surface area contributed by atoms with E-state index in [1.165, 1.54) is 12.1 Å². The summed E-state index contributed by atoms with van der Waals surface area (Å²) in [4.78, 5) is 1.55. The summed E-state index contributed by atoms with van der Waals surface area (Å²) < 4.78 is 43.2. The number of tetrazole rings is 1. The maximum Gasteiger partial charge on any atom is 0.416 e. The zero-order valence-corrected chi connectivity index (χ0v) is 13.6. The molecule has 134 valence electrons. The Hall–Kier alpha value is -2.74. The van der Waals surface area contributed by atoms with Crippen LogP contribution in [0.3, 0.4) is 0 Å². The van der Waals surface area contributed by atoms with Gasteiger partial charge in [-0.3, -0.25) is 0 Å². The molecule has 1 saturated heterocycles. The van der Waals surface area contributed by atoms with E-state index in [0.717, 1.165) is 28.8 Å². The fourth-order valence-electron chi connectivity index (χ4n) is 2.77. The molecule has 0 saturated carbocycles. The zero-order chi connectivity index (χ0) is 18.1. The van der Waals surface area contributed by atoms with Crippen molar-refractivity contribution < 1.29 is 17.9 Å². The van der Waals surface area contributed by atoms with Crippen LogP contribution in [0.15, 0.2) is 48.5 Å². The fraction of sp³-hybridized carbons (Fsp3) is 0.278. The summed E-state index contributed by atoms with van der Waals surface area (Å²) >= 11 is 0. The Bertz CT molecular complexity index is 901. The highest BCUT2D eigenvalue weighted by Gasteiger charge is 2.30. The molecule has 26 heavy (non-hydrogen) atoms. The van der Waals surface area contributed by atoms with Gasteiger partial charge >= 0.3 is 6.18 Å². The highest BCUT2D eigenvalue weighted by Crippen LogP contribution is 2.30. The van der Waals surface area contributed by atoms with E-state index in [-0.39, 0.29) is 6.04 Å². The molecule has 4 rings (SSSR count). The average molecular weight is 360 g/mol. The smallest absolute Gasteiger partial charge is 0.377 e. The third kappa shape index (κ3) is 3.32. The molecule has 0 spiro atoms. The van der Waals surface area contributed by atoms with Crippen molar-refractivity contribution in [2.45, 2.75) is 18.6 Å². The van der Waals surface area contributed by atoms with Crippen LogP contribution in [0.25, 0.3) is 11.4 Å². The van der Waals surface area contributed by atoms with Gasteiger partial charge in [0.25, 0.3) is 0 Å². The molecule has 0 aliphatic carbocycles. The van der Waals surface area contributed by atoms with Gasteiger partial charge in [-0.2, -0.15) is 18.0 Å². The molecule has 8 heteroatoms. The largest absolute Gasteiger partial charge is 0.416 e. The second-order valence-corrected chi connectivity index (χ2v) is 6.15.